The SMILES string of the molecule is O=c1ccc(-c2ccc(OC3CCN(C4CCCC4)CC3)nc2)cn1C(F)F. The van der Waals surface area contributed by atoms with E-state index in [0.29, 0.717) is 21.6 Å². The molecule has 5 nitrogen and oxygen atoms in total. The van der Waals surface area contributed by atoms with E-state index >= 15 is 0 Å². The van der Waals surface area contributed by atoms with Crippen molar-refractivity contribution >= 4 is 0 Å². The molecule has 1 aliphatic heterocycles. The summed E-state index contributed by atoms with van der Waals surface area (Å²) >= 11 is 0. The first-order valence-electron chi connectivity index (χ1n) is 9.97. The van der Waals surface area contributed by atoms with E-state index in [-0.39, 0.29) is 6.10 Å². The van der Waals surface area contributed by atoms with Crippen LogP contribution in [0, 0.1) is 0 Å². The smallest absolute Gasteiger partial charge is 0.321 e. The Morgan fingerprint density at radius 1 is 1.00 bits per heavy atom. The highest BCUT2D eigenvalue weighted by Crippen LogP contribution is 2.27. The minimum Gasteiger partial charge on any atom is -0.474 e. The van der Waals surface area contributed by atoms with E-state index in [2.05, 4.69) is 9.88 Å². The van der Waals surface area contributed by atoms with E-state index in [1.807, 2.05) is 0 Å². The van der Waals surface area contributed by atoms with Crippen LogP contribution in [0.3, 0.4) is 0 Å². The highest BCUT2D eigenvalue weighted by atomic mass is 19.3. The van der Waals surface area contributed by atoms with Crippen molar-refractivity contribution in [1.29, 1.82) is 0 Å². The molecule has 0 amide bonds. The third kappa shape index (κ3) is 4.24. The molecule has 1 saturated heterocycles. The molecule has 2 aromatic heterocycles. The monoisotopic (exact) mass is 389 g/mol. The molecule has 1 saturated carbocycles. The Kier molecular flexibility index (Phi) is 5.71. The lowest BCUT2D eigenvalue weighted by Gasteiger charge is -2.35. The molecule has 0 unspecified atom stereocenters. The van der Waals surface area contributed by atoms with Gasteiger partial charge >= 0.3 is 6.55 Å². The van der Waals surface area contributed by atoms with E-state index in [4.69, 9.17) is 4.74 Å². The highest BCUT2D eigenvalue weighted by molar-refractivity contribution is 5.61. The maximum atomic E-state index is 12.9. The first kappa shape index (κ1) is 19.1. The molecule has 0 radical (unpaired) electrons. The maximum absolute atomic E-state index is 12.9. The molecule has 4 rings (SSSR count). The fourth-order valence-electron chi connectivity index (χ4n) is 4.25. The normalized spacial score (nSPS) is 19.4. The Bertz CT molecular complexity index is 839. The number of alkyl halides is 2. The summed E-state index contributed by atoms with van der Waals surface area (Å²) < 4.78 is 32.2. The fraction of sp³-hybridized carbons (Fsp3) is 0.524. The molecule has 0 N–H and O–H groups in total. The number of hydrogen-bond acceptors (Lipinski definition) is 4. The zero-order valence-corrected chi connectivity index (χ0v) is 15.8. The van der Waals surface area contributed by atoms with Gasteiger partial charge in [0.2, 0.25) is 5.88 Å². The summed E-state index contributed by atoms with van der Waals surface area (Å²) in [5.74, 6) is 0.547. The van der Waals surface area contributed by atoms with Crippen LogP contribution in [0.5, 0.6) is 5.88 Å². The summed E-state index contributed by atoms with van der Waals surface area (Å²) in [7, 11) is 0. The molecule has 7 heteroatoms. The van der Waals surface area contributed by atoms with Crippen molar-refractivity contribution < 1.29 is 13.5 Å². The van der Waals surface area contributed by atoms with Crippen molar-refractivity contribution in [3.8, 4) is 17.0 Å². The average Bonchev–Trinajstić information content (AvgIpc) is 3.24. The lowest BCUT2D eigenvalue weighted by Crippen LogP contribution is -2.43. The predicted octanol–water partition coefficient (Wildman–Crippen LogP) is 4.09. The number of nitrogens with zero attached hydrogens (tertiary/aromatic N) is 3. The van der Waals surface area contributed by atoms with Gasteiger partial charge < -0.3 is 9.64 Å². The minimum atomic E-state index is -2.86. The van der Waals surface area contributed by atoms with Crippen LogP contribution in [0.25, 0.3) is 11.1 Å². The van der Waals surface area contributed by atoms with Crippen LogP contribution >= 0.6 is 0 Å². The number of ether oxygens (including phenoxy) is 1. The van der Waals surface area contributed by atoms with Gasteiger partial charge in [-0.3, -0.25) is 9.36 Å². The quantitative estimate of drug-likeness (QED) is 0.773. The largest absolute Gasteiger partial charge is 0.474 e. The zero-order chi connectivity index (χ0) is 19.5. The average molecular weight is 389 g/mol. The summed E-state index contributed by atoms with van der Waals surface area (Å²) in [5, 5.41) is 0. The highest BCUT2D eigenvalue weighted by Gasteiger charge is 2.27. The number of halogens is 2. The number of hydrogen-bond donors (Lipinski definition) is 0. The molecule has 150 valence electrons. The lowest BCUT2D eigenvalue weighted by molar-refractivity contribution is 0.0665. The Morgan fingerprint density at radius 3 is 2.36 bits per heavy atom. The van der Waals surface area contributed by atoms with Crippen LogP contribution in [-0.2, 0) is 0 Å². The van der Waals surface area contributed by atoms with Crippen molar-refractivity contribution in [2.75, 3.05) is 13.1 Å². The van der Waals surface area contributed by atoms with Crippen LogP contribution in [0.2, 0.25) is 0 Å². The fourth-order valence-corrected chi connectivity index (χ4v) is 4.25. The topological polar surface area (TPSA) is 47.4 Å². The van der Waals surface area contributed by atoms with Gasteiger partial charge in [0.1, 0.15) is 6.10 Å². The summed E-state index contributed by atoms with van der Waals surface area (Å²) in [6.45, 7) is -0.719. The molecule has 0 spiro atoms. The Labute approximate surface area is 163 Å². The van der Waals surface area contributed by atoms with Crippen molar-refractivity contribution in [2.24, 2.45) is 0 Å². The van der Waals surface area contributed by atoms with Crippen LogP contribution in [0.15, 0.2) is 41.5 Å². The van der Waals surface area contributed by atoms with Crippen LogP contribution in [0.1, 0.15) is 45.1 Å². The van der Waals surface area contributed by atoms with Crippen LogP contribution in [-0.4, -0.2) is 39.7 Å². The van der Waals surface area contributed by atoms with Gasteiger partial charge in [0.25, 0.3) is 5.56 Å². The number of aromatic nitrogens is 2. The third-order valence-electron chi connectivity index (χ3n) is 5.82. The van der Waals surface area contributed by atoms with E-state index in [1.54, 1.807) is 18.3 Å². The molecule has 0 atom stereocenters. The zero-order valence-electron chi connectivity index (χ0n) is 15.8. The standard InChI is InChI=1S/C21H25F2N3O2/c22-21(23)26-14-16(6-8-20(26)27)15-5-7-19(24-13-15)28-18-9-11-25(12-10-18)17-3-1-2-4-17/h5-8,13-14,17-18,21H,1-4,9-12H2. The Hall–Kier alpha value is -2.28. The first-order valence-corrected chi connectivity index (χ1v) is 9.97. The summed E-state index contributed by atoms with van der Waals surface area (Å²) in [4.78, 5) is 18.4. The van der Waals surface area contributed by atoms with Crippen molar-refractivity contribution in [2.45, 2.75) is 57.2 Å². The Morgan fingerprint density at radius 2 is 1.71 bits per heavy atom. The van der Waals surface area contributed by atoms with Gasteiger partial charge in [-0.25, -0.2) is 4.98 Å². The summed E-state index contributed by atoms with van der Waals surface area (Å²) in [5.41, 5.74) is 0.456. The third-order valence-corrected chi connectivity index (χ3v) is 5.82. The lowest BCUT2D eigenvalue weighted by atomic mass is 10.0. The number of pyridine rings is 2. The van der Waals surface area contributed by atoms with Gasteiger partial charge in [-0.05, 0) is 43.4 Å². The summed E-state index contributed by atoms with van der Waals surface area (Å²) in [6, 6.07) is 6.97. The predicted molar refractivity (Wildman–Crippen MR) is 103 cm³/mol. The second kappa shape index (κ2) is 8.39. The van der Waals surface area contributed by atoms with Gasteiger partial charge in [0.15, 0.2) is 0 Å². The van der Waals surface area contributed by atoms with E-state index < -0.39 is 12.1 Å². The van der Waals surface area contributed by atoms with Crippen LogP contribution in [0.4, 0.5) is 8.78 Å². The summed E-state index contributed by atoms with van der Waals surface area (Å²) in [6.07, 6.45) is 10.3. The molecular weight excluding hydrogens is 364 g/mol. The number of piperidine rings is 1. The van der Waals surface area contributed by atoms with Gasteiger partial charge in [0, 0.05) is 49.2 Å². The molecule has 2 fully saturated rings. The van der Waals surface area contributed by atoms with Gasteiger partial charge in [-0.2, -0.15) is 8.78 Å². The molecule has 0 bridgehead atoms. The van der Waals surface area contributed by atoms with Crippen LogP contribution < -0.4 is 10.3 Å². The van der Waals surface area contributed by atoms with Gasteiger partial charge in [-0.15, -0.1) is 0 Å². The van der Waals surface area contributed by atoms with E-state index in [0.717, 1.165) is 44.2 Å². The Balaban J connectivity index is 1.36. The molecule has 28 heavy (non-hydrogen) atoms. The van der Waals surface area contributed by atoms with Gasteiger partial charge in [0.05, 0.1) is 0 Å². The molecular formula is C21H25F2N3O2. The second-order valence-corrected chi connectivity index (χ2v) is 7.62. The minimum absolute atomic E-state index is 0.164. The van der Waals surface area contributed by atoms with Gasteiger partial charge in [-0.1, -0.05) is 12.8 Å². The molecule has 1 aliphatic carbocycles. The first-order chi connectivity index (χ1) is 13.6. The van der Waals surface area contributed by atoms with Crippen molar-refractivity contribution in [3.63, 3.8) is 0 Å². The van der Waals surface area contributed by atoms with Crippen molar-refractivity contribution in [3.05, 3.63) is 47.0 Å². The molecule has 2 aromatic rings. The van der Waals surface area contributed by atoms with Crippen molar-refractivity contribution in [1.82, 2.24) is 14.5 Å². The van der Waals surface area contributed by atoms with E-state index in [9.17, 15) is 13.6 Å². The maximum Gasteiger partial charge on any atom is 0.321 e. The number of rotatable bonds is 5. The molecule has 2 aliphatic rings. The van der Waals surface area contributed by atoms with E-state index in [1.165, 1.54) is 31.7 Å². The second-order valence-electron chi connectivity index (χ2n) is 7.62. The number of likely N-dealkylation sites (tertiary alicyclic amines) is 1. The molecule has 0 aromatic carbocycles. The molecule has 3 heterocycles.